The molecule has 0 aliphatic carbocycles. The molecule has 178 valence electrons. The fourth-order valence-corrected chi connectivity index (χ4v) is 3.69. The summed E-state index contributed by atoms with van der Waals surface area (Å²) in [6, 6.07) is 19.8. The van der Waals surface area contributed by atoms with Crippen LogP contribution in [0.3, 0.4) is 0 Å². The zero-order valence-corrected chi connectivity index (χ0v) is 20.0. The molecule has 8 nitrogen and oxygen atoms in total. The number of carbonyl (C=O) groups is 3. The van der Waals surface area contributed by atoms with Gasteiger partial charge in [0.1, 0.15) is 11.4 Å². The summed E-state index contributed by atoms with van der Waals surface area (Å²) >= 11 is 12.0. The van der Waals surface area contributed by atoms with Crippen LogP contribution >= 0.6 is 23.2 Å². The number of para-hydroxylation sites is 2. The van der Waals surface area contributed by atoms with E-state index >= 15 is 0 Å². The fraction of sp³-hybridized carbons (Fsp3) is 0.0800. The lowest BCUT2D eigenvalue weighted by molar-refractivity contribution is -0.133. The van der Waals surface area contributed by atoms with Gasteiger partial charge < -0.3 is 15.4 Å². The highest BCUT2D eigenvalue weighted by molar-refractivity contribution is 6.42. The molecule has 0 saturated carbocycles. The SMILES string of the molecule is CCOc1ccccc1NC(=O)C(=O)Nn1c(C(=O)Nc2ccc(Cl)cc2)cc2cc(Cl)ccc21. The van der Waals surface area contributed by atoms with E-state index in [0.717, 1.165) is 0 Å². The van der Waals surface area contributed by atoms with E-state index in [2.05, 4.69) is 16.1 Å². The first kappa shape index (κ1) is 24.1. The van der Waals surface area contributed by atoms with E-state index in [1.807, 2.05) is 6.92 Å². The largest absolute Gasteiger partial charge is 0.492 e. The summed E-state index contributed by atoms with van der Waals surface area (Å²) in [5, 5.41) is 6.86. The molecule has 0 radical (unpaired) electrons. The molecule has 1 aromatic heterocycles. The van der Waals surface area contributed by atoms with Crippen molar-refractivity contribution in [2.45, 2.75) is 6.92 Å². The van der Waals surface area contributed by atoms with Crippen molar-refractivity contribution in [2.24, 2.45) is 0 Å². The van der Waals surface area contributed by atoms with Crippen molar-refractivity contribution in [1.29, 1.82) is 0 Å². The Morgan fingerprint density at radius 2 is 1.57 bits per heavy atom. The average molecular weight is 511 g/mol. The van der Waals surface area contributed by atoms with Crippen molar-refractivity contribution in [2.75, 3.05) is 22.7 Å². The maximum Gasteiger partial charge on any atom is 0.328 e. The Bertz CT molecular complexity index is 1420. The van der Waals surface area contributed by atoms with Crippen LogP contribution in [-0.2, 0) is 9.59 Å². The molecule has 0 bridgehead atoms. The van der Waals surface area contributed by atoms with Crippen LogP contribution in [0.25, 0.3) is 10.9 Å². The van der Waals surface area contributed by atoms with Gasteiger partial charge in [0.2, 0.25) is 0 Å². The third-order valence-corrected chi connectivity index (χ3v) is 5.44. The second kappa shape index (κ2) is 10.5. The third-order valence-electron chi connectivity index (χ3n) is 4.95. The summed E-state index contributed by atoms with van der Waals surface area (Å²) in [5.74, 6) is -2.00. The lowest BCUT2D eigenvalue weighted by atomic mass is 10.2. The van der Waals surface area contributed by atoms with Gasteiger partial charge in [0, 0.05) is 21.1 Å². The zero-order valence-electron chi connectivity index (χ0n) is 18.5. The van der Waals surface area contributed by atoms with Gasteiger partial charge in [-0.05, 0) is 67.6 Å². The first-order chi connectivity index (χ1) is 16.9. The Morgan fingerprint density at radius 3 is 2.31 bits per heavy atom. The summed E-state index contributed by atoms with van der Waals surface area (Å²) in [6.45, 7) is 2.20. The van der Waals surface area contributed by atoms with Crippen LogP contribution < -0.4 is 20.8 Å². The molecule has 0 aliphatic rings. The number of anilines is 2. The van der Waals surface area contributed by atoms with E-state index in [1.54, 1.807) is 72.8 Å². The molecule has 0 fully saturated rings. The molecule has 0 saturated heterocycles. The molecule has 10 heteroatoms. The number of aromatic nitrogens is 1. The number of nitrogens with one attached hydrogen (secondary N) is 3. The normalized spacial score (nSPS) is 10.6. The predicted octanol–water partition coefficient (Wildman–Crippen LogP) is 5.31. The number of halogens is 2. The van der Waals surface area contributed by atoms with Gasteiger partial charge in [-0.3, -0.25) is 19.8 Å². The standard InChI is InChI=1S/C25H20Cl2N4O4/c1-2-35-22-6-4-3-5-19(22)29-24(33)25(34)30-31-20-12-9-17(27)13-15(20)14-21(31)23(32)28-18-10-7-16(26)8-11-18/h3-14H,2H2,1H3,(H,28,32)(H,29,33)(H,30,34). The van der Waals surface area contributed by atoms with Crippen molar-refractivity contribution in [3.05, 3.63) is 88.5 Å². The second-order valence-corrected chi connectivity index (χ2v) is 8.23. The van der Waals surface area contributed by atoms with Gasteiger partial charge in [-0.2, -0.15) is 0 Å². The highest BCUT2D eigenvalue weighted by atomic mass is 35.5. The lowest BCUT2D eigenvalue weighted by Gasteiger charge is -2.14. The molecule has 35 heavy (non-hydrogen) atoms. The van der Waals surface area contributed by atoms with Crippen molar-refractivity contribution in [1.82, 2.24) is 4.68 Å². The Kier molecular flexibility index (Phi) is 7.24. The van der Waals surface area contributed by atoms with Crippen LogP contribution in [0, 0.1) is 0 Å². The van der Waals surface area contributed by atoms with Crippen LogP contribution in [0.4, 0.5) is 11.4 Å². The molecule has 3 N–H and O–H groups in total. The Balaban J connectivity index is 1.61. The topological polar surface area (TPSA) is 101 Å². The van der Waals surface area contributed by atoms with Crippen molar-refractivity contribution < 1.29 is 19.1 Å². The quantitative estimate of drug-likeness (QED) is 0.306. The van der Waals surface area contributed by atoms with Gasteiger partial charge in [-0.1, -0.05) is 35.3 Å². The highest BCUT2D eigenvalue weighted by Crippen LogP contribution is 2.25. The van der Waals surface area contributed by atoms with Crippen molar-refractivity contribution >= 4 is 63.2 Å². The number of rotatable bonds is 6. The number of hydrogen-bond donors (Lipinski definition) is 3. The number of carbonyl (C=O) groups excluding carboxylic acids is 3. The summed E-state index contributed by atoms with van der Waals surface area (Å²) in [6.07, 6.45) is 0. The second-order valence-electron chi connectivity index (χ2n) is 7.35. The maximum absolute atomic E-state index is 13.1. The van der Waals surface area contributed by atoms with Crippen LogP contribution in [0.1, 0.15) is 17.4 Å². The number of hydrogen-bond acceptors (Lipinski definition) is 4. The Labute approximate surface area is 210 Å². The molecule has 0 unspecified atom stereocenters. The van der Waals surface area contributed by atoms with Crippen LogP contribution in [0.15, 0.2) is 72.8 Å². The summed E-state index contributed by atoms with van der Waals surface area (Å²) < 4.78 is 6.72. The third kappa shape index (κ3) is 5.56. The smallest absolute Gasteiger partial charge is 0.328 e. The first-order valence-electron chi connectivity index (χ1n) is 10.6. The summed E-state index contributed by atoms with van der Waals surface area (Å²) in [7, 11) is 0. The molecule has 4 aromatic rings. The van der Waals surface area contributed by atoms with E-state index in [1.165, 1.54) is 4.68 Å². The van der Waals surface area contributed by atoms with Crippen molar-refractivity contribution in [3.63, 3.8) is 0 Å². The van der Waals surface area contributed by atoms with Gasteiger partial charge in [-0.25, -0.2) is 4.68 Å². The minimum atomic E-state index is -0.982. The first-order valence-corrected chi connectivity index (χ1v) is 11.3. The number of nitrogens with zero attached hydrogens (tertiary/aromatic N) is 1. The van der Waals surface area contributed by atoms with E-state index in [9.17, 15) is 14.4 Å². The molecular formula is C25H20Cl2N4O4. The molecule has 3 aromatic carbocycles. The van der Waals surface area contributed by atoms with E-state index in [0.29, 0.717) is 44.7 Å². The molecular weight excluding hydrogens is 491 g/mol. The number of ether oxygens (including phenoxy) is 1. The number of benzene rings is 3. The van der Waals surface area contributed by atoms with Crippen molar-refractivity contribution in [3.8, 4) is 5.75 Å². The molecule has 1 heterocycles. The lowest BCUT2D eigenvalue weighted by Crippen LogP contribution is -2.36. The molecule has 0 spiro atoms. The molecule has 0 aliphatic heterocycles. The number of fused-ring (bicyclic) bond motifs is 1. The van der Waals surface area contributed by atoms with E-state index < -0.39 is 17.7 Å². The molecule has 0 atom stereocenters. The van der Waals surface area contributed by atoms with E-state index in [4.69, 9.17) is 27.9 Å². The van der Waals surface area contributed by atoms with Crippen LogP contribution in [0.2, 0.25) is 10.0 Å². The highest BCUT2D eigenvalue weighted by Gasteiger charge is 2.22. The predicted molar refractivity (Wildman–Crippen MR) is 137 cm³/mol. The summed E-state index contributed by atoms with van der Waals surface area (Å²) in [5.41, 5.74) is 3.92. The monoisotopic (exact) mass is 510 g/mol. The minimum absolute atomic E-state index is 0.0908. The van der Waals surface area contributed by atoms with Gasteiger partial charge >= 0.3 is 11.8 Å². The maximum atomic E-state index is 13.1. The van der Waals surface area contributed by atoms with Crippen LogP contribution in [-0.4, -0.2) is 29.0 Å². The van der Waals surface area contributed by atoms with Gasteiger partial charge in [-0.15, -0.1) is 0 Å². The average Bonchev–Trinajstić information content (AvgIpc) is 3.19. The fourth-order valence-electron chi connectivity index (χ4n) is 3.38. The van der Waals surface area contributed by atoms with Gasteiger partial charge in [0.15, 0.2) is 0 Å². The van der Waals surface area contributed by atoms with Gasteiger partial charge in [0.05, 0.1) is 17.8 Å². The van der Waals surface area contributed by atoms with E-state index in [-0.39, 0.29) is 5.69 Å². The summed E-state index contributed by atoms with van der Waals surface area (Å²) in [4.78, 5) is 38.5. The molecule has 3 amide bonds. The zero-order chi connectivity index (χ0) is 24.9. The number of amides is 3. The van der Waals surface area contributed by atoms with Crippen LogP contribution in [0.5, 0.6) is 5.75 Å². The Hall–Kier alpha value is -4.01. The Morgan fingerprint density at radius 1 is 0.857 bits per heavy atom. The molecule has 4 rings (SSSR count). The van der Waals surface area contributed by atoms with Gasteiger partial charge in [0.25, 0.3) is 5.91 Å². The minimum Gasteiger partial charge on any atom is -0.492 e.